The van der Waals surface area contributed by atoms with Crippen LogP contribution in [0, 0.1) is 5.92 Å². The van der Waals surface area contributed by atoms with Crippen LogP contribution in [0.15, 0.2) is 42.7 Å². The molecule has 0 aliphatic carbocycles. The minimum absolute atomic E-state index is 0. The van der Waals surface area contributed by atoms with Gasteiger partial charge in [0.25, 0.3) is 0 Å². The fourth-order valence-corrected chi connectivity index (χ4v) is 2.38. The van der Waals surface area contributed by atoms with E-state index < -0.39 is 6.04 Å². The van der Waals surface area contributed by atoms with E-state index >= 15 is 0 Å². The van der Waals surface area contributed by atoms with Crippen LogP contribution in [0.5, 0.6) is 0 Å². The van der Waals surface area contributed by atoms with Gasteiger partial charge in [-0.3, -0.25) is 4.79 Å². The first-order chi connectivity index (χ1) is 10.5. The fraction of sp³-hybridized carbons (Fsp3) is 0.412. The molecule has 0 saturated carbocycles. The van der Waals surface area contributed by atoms with E-state index in [0.717, 1.165) is 11.3 Å². The second-order valence-electron chi connectivity index (χ2n) is 6.01. The molecule has 5 nitrogen and oxygen atoms in total. The summed E-state index contributed by atoms with van der Waals surface area (Å²) in [5, 5.41) is 7.20. The lowest BCUT2D eigenvalue weighted by Gasteiger charge is -2.19. The van der Waals surface area contributed by atoms with E-state index in [1.807, 2.05) is 43.5 Å². The highest BCUT2D eigenvalue weighted by Crippen LogP contribution is 2.17. The van der Waals surface area contributed by atoms with Gasteiger partial charge in [-0.2, -0.15) is 5.10 Å². The molecule has 0 aliphatic heterocycles. The number of amides is 1. The zero-order valence-corrected chi connectivity index (χ0v) is 14.6. The van der Waals surface area contributed by atoms with E-state index in [1.165, 1.54) is 0 Å². The van der Waals surface area contributed by atoms with Crippen LogP contribution in [0.25, 0.3) is 5.69 Å². The molecule has 0 aliphatic rings. The van der Waals surface area contributed by atoms with Crippen molar-refractivity contribution in [2.75, 3.05) is 0 Å². The van der Waals surface area contributed by atoms with Crippen LogP contribution in [-0.4, -0.2) is 21.7 Å². The van der Waals surface area contributed by atoms with Gasteiger partial charge in [-0.25, -0.2) is 4.68 Å². The number of nitrogens with zero attached hydrogens (tertiary/aromatic N) is 2. The Kier molecular flexibility index (Phi) is 7.26. The zero-order valence-electron chi connectivity index (χ0n) is 13.8. The number of hydrogen-bond acceptors (Lipinski definition) is 3. The molecule has 0 spiro atoms. The van der Waals surface area contributed by atoms with Gasteiger partial charge >= 0.3 is 0 Å². The molecule has 0 fully saturated rings. The SMILES string of the molecule is CC(C)C[C@H](N)C(=O)NC(C)c1cccc(-n2cccn2)c1.Cl. The van der Waals surface area contributed by atoms with E-state index in [0.29, 0.717) is 12.3 Å². The van der Waals surface area contributed by atoms with Crippen LogP contribution >= 0.6 is 12.4 Å². The van der Waals surface area contributed by atoms with E-state index in [9.17, 15) is 4.79 Å². The molecular weight excluding hydrogens is 312 g/mol. The first-order valence-corrected chi connectivity index (χ1v) is 7.63. The van der Waals surface area contributed by atoms with E-state index in [1.54, 1.807) is 10.9 Å². The molecule has 0 radical (unpaired) electrons. The van der Waals surface area contributed by atoms with Crippen molar-refractivity contribution in [2.24, 2.45) is 11.7 Å². The highest BCUT2D eigenvalue weighted by molar-refractivity contribution is 5.85. The van der Waals surface area contributed by atoms with Gasteiger partial charge in [0.05, 0.1) is 17.8 Å². The molecular formula is C17H25ClN4O. The average molecular weight is 337 g/mol. The predicted molar refractivity (Wildman–Crippen MR) is 94.8 cm³/mol. The summed E-state index contributed by atoms with van der Waals surface area (Å²) in [5.41, 5.74) is 7.92. The minimum atomic E-state index is -0.461. The quantitative estimate of drug-likeness (QED) is 0.852. The summed E-state index contributed by atoms with van der Waals surface area (Å²) < 4.78 is 1.79. The van der Waals surface area contributed by atoms with Crippen molar-refractivity contribution in [1.82, 2.24) is 15.1 Å². The molecule has 0 bridgehead atoms. The summed E-state index contributed by atoms with van der Waals surface area (Å²) in [6, 6.07) is 9.28. The Morgan fingerprint density at radius 1 is 1.30 bits per heavy atom. The van der Waals surface area contributed by atoms with Crippen LogP contribution in [-0.2, 0) is 4.79 Å². The van der Waals surface area contributed by atoms with Gasteiger partial charge in [-0.15, -0.1) is 12.4 Å². The van der Waals surface area contributed by atoms with Crippen molar-refractivity contribution in [2.45, 2.75) is 39.3 Å². The first-order valence-electron chi connectivity index (χ1n) is 7.63. The van der Waals surface area contributed by atoms with Gasteiger partial charge in [0, 0.05) is 12.4 Å². The van der Waals surface area contributed by atoms with Gasteiger partial charge in [0.2, 0.25) is 5.91 Å². The number of carbonyl (C=O) groups is 1. The Balaban J connectivity index is 0.00000264. The van der Waals surface area contributed by atoms with Crippen LogP contribution in [0.3, 0.4) is 0 Å². The summed E-state index contributed by atoms with van der Waals surface area (Å²) in [6.07, 6.45) is 4.32. The topological polar surface area (TPSA) is 72.9 Å². The maximum Gasteiger partial charge on any atom is 0.237 e. The number of nitrogens with two attached hydrogens (primary N) is 1. The number of hydrogen-bond donors (Lipinski definition) is 2. The molecule has 2 aromatic rings. The maximum atomic E-state index is 12.1. The minimum Gasteiger partial charge on any atom is -0.348 e. The Bertz CT molecular complexity index is 613. The number of rotatable bonds is 6. The highest BCUT2D eigenvalue weighted by atomic mass is 35.5. The zero-order chi connectivity index (χ0) is 16.1. The molecule has 6 heteroatoms. The lowest BCUT2D eigenvalue weighted by molar-refractivity contribution is -0.123. The summed E-state index contributed by atoms with van der Waals surface area (Å²) in [7, 11) is 0. The monoisotopic (exact) mass is 336 g/mol. The van der Waals surface area contributed by atoms with E-state index in [4.69, 9.17) is 5.73 Å². The summed E-state index contributed by atoms with van der Waals surface area (Å²) in [6.45, 7) is 6.08. The van der Waals surface area contributed by atoms with Gasteiger partial charge in [-0.05, 0) is 43.0 Å². The normalized spacial score (nSPS) is 13.3. The molecule has 2 rings (SSSR count). The van der Waals surface area contributed by atoms with Crippen LogP contribution in [0.2, 0.25) is 0 Å². The summed E-state index contributed by atoms with van der Waals surface area (Å²) in [5.74, 6) is 0.296. The number of carbonyl (C=O) groups excluding carboxylic acids is 1. The maximum absolute atomic E-state index is 12.1. The molecule has 1 amide bonds. The van der Waals surface area contributed by atoms with Crippen molar-refractivity contribution >= 4 is 18.3 Å². The molecule has 126 valence electrons. The third-order valence-corrected chi connectivity index (χ3v) is 3.56. The third-order valence-electron chi connectivity index (χ3n) is 3.56. The van der Waals surface area contributed by atoms with E-state index in [2.05, 4.69) is 24.3 Å². The number of benzene rings is 1. The number of aromatic nitrogens is 2. The number of nitrogens with one attached hydrogen (secondary N) is 1. The van der Waals surface area contributed by atoms with Gasteiger partial charge in [0.15, 0.2) is 0 Å². The average Bonchev–Trinajstić information content (AvgIpc) is 3.00. The molecule has 3 N–H and O–H groups in total. The molecule has 0 saturated heterocycles. The van der Waals surface area contributed by atoms with Crippen LogP contribution < -0.4 is 11.1 Å². The first kappa shape index (κ1) is 19.2. The smallest absolute Gasteiger partial charge is 0.237 e. The standard InChI is InChI=1S/C17H24N4O.ClH/c1-12(2)10-16(18)17(22)20-13(3)14-6-4-7-15(11-14)21-9-5-8-19-21;/h4-9,11-13,16H,10,18H2,1-3H3,(H,20,22);1H/t13?,16-;/m0./s1. The second kappa shape index (κ2) is 8.70. The fourth-order valence-electron chi connectivity index (χ4n) is 2.38. The lowest BCUT2D eigenvalue weighted by Crippen LogP contribution is -2.42. The molecule has 2 atom stereocenters. The summed E-state index contributed by atoms with van der Waals surface area (Å²) >= 11 is 0. The Morgan fingerprint density at radius 3 is 2.65 bits per heavy atom. The largest absolute Gasteiger partial charge is 0.348 e. The Morgan fingerprint density at radius 2 is 2.04 bits per heavy atom. The van der Waals surface area contributed by atoms with Gasteiger partial charge < -0.3 is 11.1 Å². The van der Waals surface area contributed by atoms with E-state index in [-0.39, 0.29) is 24.4 Å². The molecule has 1 aromatic carbocycles. The molecule has 1 heterocycles. The van der Waals surface area contributed by atoms with Crippen molar-refractivity contribution in [3.8, 4) is 5.69 Å². The van der Waals surface area contributed by atoms with Crippen molar-refractivity contribution in [3.05, 3.63) is 48.3 Å². The third kappa shape index (κ3) is 5.37. The summed E-state index contributed by atoms with van der Waals surface area (Å²) in [4.78, 5) is 12.1. The molecule has 1 unspecified atom stereocenters. The second-order valence-corrected chi connectivity index (χ2v) is 6.01. The van der Waals surface area contributed by atoms with Crippen molar-refractivity contribution in [3.63, 3.8) is 0 Å². The Hall–Kier alpha value is -1.85. The van der Waals surface area contributed by atoms with Gasteiger partial charge in [0.1, 0.15) is 0 Å². The number of halogens is 1. The Labute approximate surface area is 143 Å². The lowest BCUT2D eigenvalue weighted by atomic mass is 10.0. The van der Waals surface area contributed by atoms with Crippen molar-refractivity contribution in [1.29, 1.82) is 0 Å². The molecule has 1 aromatic heterocycles. The van der Waals surface area contributed by atoms with Crippen molar-refractivity contribution < 1.29 is 4.79 Å². The highest BCUT2D eigenvalue weighted by Gasteiger charge is 2.17. The molecule has 23 heavy (non-hydrogen) atoms. The van der Waals surface area contributed by atoms with Gasteiger partial charge in [-0.1, -0.05) is 26.0 Å². The van der Waals surface area contributed by atoms with Crippen LogP contribution in [0.1, 0.15) is 38.8 Å². The van der Waals surface area contributed by atoms with Crippen LogP contribution in [0.4, 0.5) is 0 Å². The predicted octanol–water partition coefficient (Wildman–Crippen LogP) is 2.84.